The van der Waals surface area contributed by atoms with Gasteiger partial charge in [-0.2, -0.15) is 0 Å². The van der Waals surface area contributed by atoms with Crippen LogP contribution in [0.4, 0.5) is 5.69 Å². The fraction of sp³-hybridized carbons (Fsp3) is 0.350. The molecule has 10 nitrogen and oxygen atoms in total. The van der Waals surface area contributed by atoms with Gasteiger partial charge in [0.1, 0.15) is 28.6 Å². The van der Waals surface area contributed by atoms with Crippen molar-refractivity contribution >= 4 is 43.9 Å². The average molecular weight is 581 g/mol. The second-order valence-corrected chi connectivity index (χ2v) is 8.19. The van der Waals surface area contributed by atoms with Crippen LogP contribution in [0, 0.1) is 10.1 Å². The quantitative estimate of drug-likeness (QED) is 0.136. The number of ketones is 1. The number of carbonyl (C=O) groups is 1. The first-order valence-electron chi connectivity index (χ1n) is 8.88. The molecular weight excluding hydrogens is 557 g/mol. The topological polar surface area (TPSA) is 131 Å². The molecule has 0 bridgehead atoms. The van der Waals surface area contributed by atoms with E-state index in [1.165, 1.54) is 52.7 Å². The summed E-state index contributed by atoms with van der Waals surface area (Å²) in [6, 6.07) is 6.68. The van der Waals surface area contributed by atoms with Gasteiger partial charge in [-0.05, 0) is 16.6 Å². The lowest BCUT2D eigenvalue weighted by atomic mass is 10.1. The summed E-state index contributed by atoms with van der Waals surface area (Å²) in [5, 5.41) is 11.1. The summed E-state index contributed by atoms with van der Waals surface area (Å²) in [7, 11) is 1.39. The maximum absolute atomic E-state index is 12.8. The number of Topliss-reactive ketones (excluding diaryl/α,β-unsaturated/α-hetero) is 1. The van der Waals surface area contributed by atoms with Crippen LogP contribution in [0.25, 0.3) is 0 Å². The van der Waals surface area contributed by atoms with E-state index in [4.69, 9.17) is 18.9 Å². The summed E-state index contributed by atoms with van der Waals surface area (Å²) in [6.45, 7) is 0. The van der Waals surface area contributed by atoms with E-state index in [0.717, 1.165) is 6.07 Å². The zero-order valence-corrected chi connectivity index (χ0v) is 21.2. The van der Waals surface area contributed by atoms with Crippen LogP contribution in [0.15, 0.2) is 30.3 Å². The van der Waals surface area contributed by atoms with Crippen molar-refractivity contribution in [3.63, 3.8) is 0 Å². The van der Waals surface area contributed by atoms with E-state index in [1.807, 2.05) is 4.93 Å². The average Bonchev–Trinajstić information content (AvgIpc) is 2.78. The van der Waals surface area contributed by atoms with Gasteiger partial charge in [0.05, 0.1) is 39.1 Å². The minimum atomic E-state index is -3.97. The molecule has 0 fully saturated rings. The number of sulfone groups is 1. The number of carbonyl (C=O) groups excluding carboxylic acids is 1. The Morgan fingerprint density at radius 1 is 0.938 bits per heavy atom. The molecular formula is C20H24INO9S. The molecule has 0 saturated carbocycles. The van der Waals surface area contributed by atoms with Gasteiger partial charge in [0.15, 0.2) is 21.4 Å². The number of nitrogens with zero attached hydrogens (tertiary/aromatic N) is 1. The van der Waals surface area contributed by atoms with Gasteiger partial charge in [-0.3, -0.25) is 14.9 Å². The number of hydrogen-bond acceptors (Lipinski definition) is 9. The highest BCUT2D eigenvalue weighted by atomic mass is 127. The minimum Gasteiger partial charge on any atom is -0.496 e. The first-order chi connectivity index (χ1) is 15.1. The normalized spacial score (nSPS) is 10.4. The second-order valence-electron chi connectivity index (χ2n) is 6.13. The molecule has 0 aliphatic carbocycles. The molecule has 0 unspecified atom stereocenters. The zero-order valence-electron chi connectivity index (χ0n) is 18.2. The molecule has 0 aliphatic heterocycles. The predicted molar refractivity (Wildman–Crippen MR) is 128 cm³/mol. The van der Waals surface area contributed by atoms with E-state index in [-0.39, 0.29) is 34.1 Å². The first-order valence-corrected chi connectivity index (χ1v) is 12.9. The van der Waals surface area contributed by atoms with Crippen LogP contribution in [0.3, 0.4) is 0 Å². The Balaban J connectivity index is 0.00000249. The van der Waals surface area contributed by atoms with Crippen molar-refractivity contribution in [2.24, 2.45) is 0 Å². The van der Waals surface area contributed by atoms with Crippen molar-refractivity contribution in [3.8, 4) is 23.0 Å². The zero-order chi connectivity index (χ0) is 24.5. The number of hydrogen-bond donors (Lipinski definition) is 0. The Morgan fingerprint density at radius 3 is 1.91 bits per heavy atom. The van der Waals surface area contributed by atoms with Gasteiger partial charge >= 0.3 is 5.69 Å². The third-order valence-corrected chi connectivity index (χ3v) is 5.65. The molecule has 0 radical (unpaired) electrons. The number of alkyl halides is 1. The van der Waals surface area contributed by atoms with Crippen LogP contribution in [0.5, 0.6) is 23.0 Å². The lowest BCUT2D eigenvalue weighted by Crippen LogP contribution is -2.19. The summed E-state index contributed by atoms with van der Waals surface area (Å²) in [4.78, 5) is 25.2. The van der Waals surface area contributed by atoms with Gasteiger partial charge < -0.3 is 18.9 Å². The minimum absolute atomic E-state index is 0.00456. The van der Waals surface area contributed by atoms with Crippen LogP contribution in [-0.4, -0.2) is 58.2 Å². The molecule has 2 aromatic rings. The number of ether oxygens (including phenoxy) is 4. The SMILES string of the molecule is CI.COc1cc(OC)c(C(=O)CS(=O)(=O)Cc2ccc(OC)c([N+](=O)[O-])c2)c(OC)c1. The van der Waals surface area contributed by atoms with Crippen LogP contribution in [0.1, 0.15) is 15.9 Å². The van der Waals surface area contributed by atoms with E-state index in [9.17, 15) is 23.3 Å². The van der Waals surface area contributed by atoms with E-state index in [0.29, 0.717) is 5.75 Å². The van der Waals surface area contributed by atoms with Crippen molar-refractivity contribution in [1.82, 2.24) is 0 Å². The number of methoxy groups -OCH3 is 4. The molecule has 0 aliphatic rings. The summed E-state index contributed by atoms with van der Waals surface area (Å²) < 4.78 is 45.6. The number of halogens is 1. The molecule has 0 heterocycles. The van der Waals surface area contributed by atoms with E-state index in [1.54, 1.807) is 0 Å². The molecule has 0 atom stereocenters. The number of nitro groups is 1. The van der Waals surface area contributed by atoms with Gasteiger partial charge in [-0.25, -0.2) is 8.42 Å². The molecule has 176 valence electrons. The van der Waals surface area contributed by atoms with Gasteiger partial charge in [-0.1, -0.05) is 28.7 Å². The fourth-order valence-electron chi connectivity index (χ4n) is 2.83. The van der Waals surface area contributed by atoms with Gasteiger partial charge in [0.2, 0.25) is 0 Å². The van der Waals surface area contributed by atoms with E-state index in [2.05, 4.69) is 22.6 Å². The predicted octanol–water partition coefficient (Wildman–Crippen LogP) is 3.48. The van der Waals surface area contributed by atoms with Gasteiger partial charge in [0, 0.05) is 18.2 Å². The summed E-state index contributed by atoms with van der Waals surface area (Å²) in [5.74, 6) is -1.57. The first kappa shape index (κ1) is 27.4. The van der Waals surface area contributed by atoms with Gasteiger partial charge in [-0.15, -0.1) is 0 Å². The lowest BCUT2D eigenvalue weighted by molar-refractivity contribution is -0.385. The van der Waals surface area contributed by atoms with Gasteiger partial charge in [0.25, 0.3) is 0 Å². The van der Waals surface area contributed by atoms with Crippen molar-refractivity contribution in [3.05, 3.63) is 51.6 Å². The molecule has 0 N–H and O–H groups in total. The standard InChI is InChI=1S/C19H21NO9S.CH3I/c1-26-13-8-17(28-3)19(18(9-13)29-4)15(21)11-30(24,25)10-12-5-6-16(27-2)14(7-12)20(22)23;1-2/h5-9H,10-11H2,1-4H3;1H3. The molecule has 32 heavy (non-hydrogen) atoms. The van der Waals surface area contributed by atoms with Crippen LogP contribution < -0.4 is 18.9 Å². The molecule has 0 aromatic heterocycles. The van der Waals surface area contributed by atoms with Crippen LogP contribution >= 0.6 is 22.6 Å². The smallest absolute Gasteiger partial charge is 0.311 e. The largest absolute Gasteiger partial charge is 0.496 e. The van der Waals surface area contributed by atoms with Crippen molar-refractivity contribution in [2.75, 3.05) is 39.1 Å². The van der Waals surface area contributed by atoms with Crippen LogP contribution in [-0.2, 0) is 15.6 Å². The highest BCUT2D eigenvalue weighted by Crippen LogP contribution is 2.35. The van der Waals surface area contributed by atoms with E-state index >= 15 is 0 Å². The molecule has 12 heteroatoms. The summed E-state index contributed by atoms with van der Waals surface area (Å²) in [5.41, 5.74) is -0.246. The summed E-state index contributed by atoms with van der Waals surface area (Å²) >= 11 is 2.15. The molecule has 0 spiro atoms. The molecule has 2 aromatic carbocycles. The third kappa shape index (κ3) is 6.95. The van der Waals surface area contributed by atoms with Crippen LogP contribution in [0.2, 0.25) is 0 Å². The Morgan fingerprint density at radius 2 is 1.47 bits per heavy atom. The van der Waals surface area contributed by atoms with Crippen molar-refractivity contribution in [1.29, 1.82) is 0 Å². The Bertz CT molecular complexity index is 1050. The third-order valence-electron chi connectivity index (χ3n) is 4.17. The molecule has 2 rings (SSSR count). The maximum atomic E-state index is 12.8. The highest BCUT2D eigenvalue weighted by molar-refractivity contribution is 14.1. The number of benzene rings is 2. The van der Waals surface area contributed by atoms with Crippen molar-refractivity contribution < 1.29 is 37.1 Å². The lowest BCUT2D eigenvalue weighted by Gasteiger charge is -2.14. The molecule has 0 saturated heterocycles. The highest BCUT2D eigenvalue weighted by Gasteiger charge is 2.26. The maximum Gasteiger partial charge on any atom is 0.311 e. The fourth-order valence-corrected chi connectivity index (χ4v) is 4.16. The Hall–Kier alpha value is -2.61. The number of rotatable bonds is 10. The summed E-state index contributed by atoms with van der Waals surface area (Å²) in [6.07, 6.45) is 0. The monoisotopic (exact) mass is 581 g/mol. The Labute approximate surface area is 200 Å². The molecule has 0 amide bonds. The number of nitro benzene ring substituents is 1. The van der Waals surface area contributed by atoms with E-state index < -0.39 is 32.0 Å². The van der Waals surface area contributed by atoms with Crippen molar-refractivity contribution in [2.45, 2.75) is 5.75 Å². The second kappa shape index (κ2) is 12.4. The Kier molecular flexibility index (Phi) is 10.7.